The number of nitrogens with two attached hydrogens (primary N) is 1. The van der Waals surface area contributed by atoms with E-state index in [9.17, 15) is 12.8 Å². The number of halogens is 4. The van der Waals surface area contributed by atoms with E-state index in [1.54, 1.807) is 6.07 Å². The average molecular weight is 459 g/mol. The van der Waals surface area contributed by atoms with Gasteiger partial charge in [0.25, 0.3) is 10.0 Å². The summed E-state index contributed by atoms with van der Waals surface area (Å²) in [6, 6.07) is 6.63. The number of anilines is 2. The molecular weight excluding hydrogens is 450 g/mol. The van der Waals surface area contributed by atoms with Crippen molar-refractivity contribution in [2.24, 2.45) is 0 Å². The fourth-order valence-corrected chi connectivity index (χ4v) is 4.05. The number of rotatable bonds is 3. The van der Waals surface area contributed by atoms with Crippen molar-refractivity contribution >= 4 is 64.9 Å². The number of hydrogen-bond donors (Lipinski definition) is 2. The Morgan fingerprint density at radius 3 is 2.43 bits per heavy atom. The molecule has 2 aromatic rings. The van der Waals surface area contributed by atoms with Gasteiger partial charge < -0.3 is 5.73 Å². The third-order valence-electron chi connectivity index (χ3n) is 2.51. The highest BCUT2D eigenvalue weighted by molar-refractivity contribution is 9.10. The maximum Gasteiger partial charge on any atom is 0.263 e. The minimum atomic E-state index is -3.93. The van der Waals surface area contributed by atoms with E-state index >= 15 is 0 Å². The first kappa shape index (κ1) is 16.5. The van der Waals surface area contributed by atoms with Crippen LogP contribution in [0, 0.1) is 5.82 Å². The zero-order valence-electron chi connectivity index (χ0n) is 10.2. The van der Waals surface area contributed by atoms with Gasteiger partial charge in [-0.2, -0.15) is 0 Å². The van der Waals surface area contributed by atoms with Crippen molar-refractivity contribution in [3.63, 3.8) is 0 Å². The lowest BCUT2D eigenvalue weighted by Gasteiger charge is -2.11. The van der Waals surface area contributed by atoms with Crippen LogP contribution in [0.15, 0.2) is 44.2 Å². The molecule has 0 heterocycles. The molecule has 0 radical (unpaired) electrons. The standard InChI is InChI=1S/C12H8Br2ClFN2O2S/c13-7-2-1-6(3-9(7)15)18-21(19,20)12-5-11(17)10(16)4-8(12)14/h1-5,18H,17H2. The molecule has 0 saturated heterocycles. The molecule has 0 unspecified atom stereocenters. The topological polar surface area (TPSA) is 72.2 Å². The van der Waals surface area contributed by atoms with E-state index in [2.05, 4.69) is 36.6 Å². The van der Waals surface area contributed by atoms with Crippen molar-refractivity contribution < 1.29 is 12.8 Å². The Kier molecular flexibility index (Phi) is 4.82. The summed E-state index contributed by atoms with van der Waals surface area (Å²) in [5.41, 5.74) is 5.43. The second kappa shape index (κ2) is 6.12. The minimum absolute atomic E-state index is 0.0740. The van der Waals surface area contributed by atoms with Crippen molar-refractivity contribution in [3.8, 4) is 0 Å². The van der Waals surface area contributed by atoms with Crippen LogP contribution in [0.1, 0.15) is 0 Å². The summed E-state index contributed by atoms with van der Waals surface area (Å²) in [6.07, 6.45) is 0. The first-order valence-corrected chi connectivity index (χ1v) is 8.88. The fraction of sp³-hybridized carbons (Fsp3) is 0. The third kappa shape index (κ3) is 3.68. The maximum absolute atomic E-state index is 13.3. The van der Waals surface area contributed by atoms with E-state index in [-0.39, 0.29) is 20.7 Å². The summed E-state index contributed by atoms with van der Waals surface area (Å²) >= 11 is 12.1. The molecule has 4 nitrogen and oxygen atoms in total. The average Bonchev–Trinajstić information content (AvgIpc) is 2.37. The van der Waals surface area contributed by atoms with E-state index in [0.29, 0.717) is 9.50 Å². The molecule has 0 bridgehead atoms. The Bertz CT molecular complexity index is 815. The molecule has 0 fully saturated rings. The molecule has 0 aliphatic rings. The molecule has 0 aliphatic heterocycles. The van der Waals surface area contributed by atoms with Crippen LogP contribution < -0.4 is 10.5 Å². The molecular formula is C12H8Br2ClFN2O2S. The fourth-order valence-electron chi connectivity index (χ4n) is 1.52. The lowest BCUT2D eigenvalue weighted by molar-refractivity contribution is 0.599. The van der Waals surface area contributed by atoms with Crippen molar-refractivity contribution in [3.05, 3.63) is 50.1 Å². The van der Waals surface area contributed by atoms with E-state index in [1.165, 1.54) is 12.1 Å². The Balaban J connectivity index is 2.43. The normalized spacial score (nSPS) is 11.4. The van der Waals surface area contributed by atoms with Crippen LogP contribution in [0.2, 0.25) is 5.02 Å². The Hall–Kier alpha value is -0.830. The van der Waals surface area contributed by atoms with Gasteiger partial charge in [0.1, 0.15) is 10.7 Å². The summed E-state index contributed by atoms with van der Waals surface area (Å²) in [5, 5.41) is 0.355. The predicted octanol–water partition coefficient (Wildman–Crippen LogP) is 4.39. The second-order valence-corrected chi connectivity index (χ2v) is 7.81. The lowest BCUT2D eigenvalue weighted by Crippen LogP contribution is -2.14. The van der Waals surface area contributed by atoms with Crippen LogP contribution in [0.3, 0.4) is 0 Å². The van der Waals surface area contributed by atoms with Gasteiger partial charge in [0, 0.05) is 8.95 Å². The van der Waals surface area contributed by atoms with Gasteiger partial charge in [-0.15, -0.1) is 0 Å². The quantitative estimate of drug-likeness (QED) is 0.671. The molecule has 0 aromatic heterocycles. The van der Waals surface area contributed by atoms with Gasteiger partial charge in [-0.05, 0) is 62.2 Å². The van der Waals surface area contributed by atoms with Crippen LogP contribution in [-0.4, -0.2) is 8.42 Å². The predicted molar refractivity (Wildman–Crippen MR) is 88.5 cm³/mol. The summed E-state index contributed by atoms with van der Waals surface area (Å²) in [6.45, 7) is 0. The van der Waals surface area contributed by atoms with Crippen LogP contribution in [0.5, 0.6) is 0 Å². The van der Waals surface area contributed by atoms with Crippen LogP contribution in [0.25, 0.3) is 0 Å². The largest absolute Gasteiger partial charge is 0.396 e. The van der Waals surface area contributed by atoms with Crippen molar-refractivity contribution in [2.75, 3.05) is 10.5 Å². The highest BCUT2D eigenvalue weighted by Gasteiger charge is 2.20. The van der Waals surface area contributed by atoms with E-state index < -0.39 is 15.8 Å². The molecule has 2 rings (SSSR count). The number of nitrogens with one attached hydrogen (secondary N) is 1. The molecule has 0 aliphatic carbocycles. The summed E-state index contributed by atoms with van der Waals surface area (Å²) in [7, 11) is -3.93. The zero-order chi connectivity index (χ0) is 15.8. The number of nitrogen functional groups attached to an aromatic ring is 1. The van der Waals surface area contributed by atoms with Crippen LogP contribution in [-0.2, 0) is 10.0 Å². The SMILES string of the molecule is Nc1cc(S(=O)(=O)Nc2ccc(Br)c(Cl)c2)c(Br)cc1F. The summed E-state index contributed by atoms with van der Waals surface area (Å²) in [5.74, 6) is -0.701. The highest BCUT2D eigenvalue weighted by atomic mass is 79.9. The van der Waals surface area contributed by atoms with Gasteiger partial charge in [-0.1, -0.05) is 11.6 Å². The first-order valence-electron chi connectivity index (χ1n) is 5.43. The molecule has 0 saturated carbocycles. The van der Waals surface area contributed by atoms with Gasteiger partial charge >= 0.3 is 0 Å². The van der Waals surface area contributed by atoms with Crippen molar-refractivity contribution in [1.29, 1.82) is 0 Å². The molecule has 112 valence electrons. The molecule has 3 N–H and O–H groups in total. The van der Waals surface area contributed by atoms with Crippen LogP contribution >= 0.6 is 43.5 Å². The molecule has 2 aromatic carbocycles. The lowest BCUT2D eigenvalue weighted by atomic mass is 10.3. The van der Waals surface area contributed by atoms with Gasteiger partial charge in [0.2, 0.25) is 0 Å². The molecule has 0 amide bonds. The number of hydrogen-bond acceptors (Lipinski definition) is 3. The Morgan fingerprint density at radius 1 is 1.14 bits per heavy atom. The molecule has 0 atom stereocenters. The second-order valence-electron chi connectivity index (χ2n) is 4.04. The summed E-state index contributed by atoms with van der Waals surface area (Å²) in [4.78, 5) is -0.166. The van der Waals surface area contributed by atoms with Crippen molar-refractivity contribution in [2.45, 2.75) is 4.90 Å². The first-order chi connectivity index (χ1) is 9.70. The Labute approximate surface area is 142 Å². The van der Waals surface area contributed by atoms with Gasteiger partial charge in [0.15, 0.2) is 0 Å². The van der Waals surface area contributed by atoms with Gasteiger partial charge in [-0.25, -0.2) is 12.8 Å². The van der Waals surface area contributed by atoms with E-state index in [1.807, 2.05) is 0 Å². The minimum Gasteiger partial charge on any atom is -0.396 e. The monoisotopic (exact) mass is 456 g/mol. The molecule has 21 heavy (non-hydrogen) atoms. The third-order valence-corrected chi connectivity index (χ3v) is 6.08. The Morgan fingerprint density at radius 2 is 1.81 bits per heavy atom. The zero-order valence-corrected chi connectivity index (χ0v) is 14.9. The number of benzene rings is 2. The maximum atomic E-state index is 13.3. The van der Waals surface area contributed by atoms with Gasteiger partial charge in [0.05, 0.1) is 16.4 Å². The molecule has 0 spiro atoms. The van der Waals surface area contributed by atoms with Gasteiger partial charge in [-0.3, -0.25) is 4.72 Å². The smallest absolute Gasteiger partial charge is 0.263 e. The number of sulfonamides is 1. The van der Waals surface area contributed by atoms with Crippen LogP contribution in [0.4, 0.5) is 15.8 Å². The molecule has 9 heteroatoms. The highest BCUT2D eigenvalue weighted by Crippen LogP contribution is 2.30. The van der Waals surface area contributed by atoms with E-state index in [0.717, 1.165) is 12.1 Å². The van der Waals surface area contributed by atoms with E-state index in [4.69, 9.17) is 17.3 Å². The van der Waals surface area contributed by atoms with Crippen molar-refractivity contribution in [1.82, 2.24) is 0 Å². The summed E-state index contributed by atoms with van der Waals surface area (Å²) < 4.78 is 41.0.